The van der Waals surface area contributed by atoms with Gasteiger partial charge in [0.15, 0.2) is 6.29 Å². The summed E-state index contributed by atoms with van der Waals surface area (Å²) in [6.07, 6.45) is 5.20. The quantitative estimate of drug-likeness (QED) is 0.768. The lowest BCUT2D eigenvalue weighted by atomic mass is 9.92. The first-order valence-electron chi connectivity index (χ1n) is 7.25. The van der Waals surface area contributed by atoms with Crippen molar-refractivity contribution in [3.8, 4) is 0 Å². The highest BCUT2D eigenvalue weighted by Crippen LogP contribution is 2.27. The van der Waals surface area contributed by atoms with Crippen LogP contribution in [-0.2, 0) is 15.9 Å². The number of aryl methyl sites for hydroxylation is 1. The van der Waals surface area contributed by atoms with Crippen LogP contribution in [0.25, 0.3) is 0 Å². The molecule has 0 fully saturated rings. The summed E-state index contributed by atoms with van der Waals surface area (Å²) in [5.41, 5.74) is 2.57. The third-order valence-corrected chi connectivity index (χ3v) is 3.43. The molecule has 0 aromatic carbocycles. The van der Waals surface area contributed by atoms with E-state index in [9.17, 15) is 0 Å². The molecule has 1 atom stereocenters. The minimum atomic E-state index is -0.163. The fourth-order valence-corrected chi connectivity index (χ4v) is 2.58. The standard InChI is InChI=1S/C15H24N2O2/c1-3-18-14(19-4-2)11-17-13-9-5-7-12-8-6-10-16-15(12)13/h6,8,10,13-14,17H,3-5,7,9,11H2,1-2H3. The summed E-state index contributed by atoms with van der Waals surface area (Å²) in [4.78, 5) is 4.53. The molecule has 0 aliphatic heterocycles. The zero-order chi connectivity index (χ0) is 13.5. The molecule has 106 valence electrons. The monoisotopic (exact) mass is 264 g/mol. The topological polar surface area (TPSA) is 43.4 Å². The van der Waals surface area contributed by atoms with Crippen LogP contribution in [0.4, 0.5) is 0 Å². The highest BCUT2D eigenvalue weighted by Gasteiger charge is 2.21. The average Bonchev–Trinajstić information content (AvgIpc) is 2.45. The van der Waals surface area contributed by atoms with E-state index in [0.717, 1.165) is 12.8 Å². The first-order chi connectivity index (χ1) is 9.35. The van der Waals surface area contributed by atoms with E-state index in [2.05, 4.69) is 16.4 Å². The van der Waals surface area contributed by atoms with E-state index in [1.165, 1.54) is 17.7 Å². The maximum Gasteiger partial charge on any atom is 0.169 e. The van der Waals surface area contributed by atoms with Gasteiger partial charge in [-0.15, -0.1) is 0 Å². The lowest BCUT2D eigenvalue weighted by Gasteiger charge is -2.27. The normalized spacial score (nSPS) is 18.6. The van der Waals surface area contributed by atoms with Crippen LogP contribution in [0.5, 0.6) is 0 Å². The minimum absolute atomic E-state index is 0.163. The maximum atomic E-state index is 5.56. The van der Waals surface area contributed by atoms with Crippen molar-refractivity contribution in [2.75, 3.05) is 19.8 Å². The van der Waals surface area contributed by atoms with Crippen LogP contribution < -0.4 is 5.32 Å². The van der Waals surface area contributed by atoms with Gasteiger partial charge in [0.05, 0.1) is 5.69 Å². The Morgan fingerprint density at radius 3 is 2.89 bits per heavy atom. The number of aromatic nitrogens is 1. The third-order valence-electron chi connectivity index (χ3n) is 3.43. The Kier molecular flexibility index (Phi) is 5.76. The summed E-state index contributed by atoms with van der Waals surface area (Å²) in [5.74, 6) is 0. The van der Waals surface area contributed by atoms with Crippen molar-refractivity contribution in [3.05, 3.63) is 29.6 Å². The van der Waals surface area contributed by atoms with Crippen LogP contribution in [0.1, 0.15) is 44.0 Å². The van der Waals surface area contributed by atoms with Crippen LogP contribution in [0.2, 0.25) is 0 Å². The molecule has 0 spiro atoms. The molecule has 1 N–H and O–H groups in total. The number of nitrogens with one attached hydrogen (secondary N) is 1. The van der Waals surface area contributed by atoms with E-state index in [4.69, 9.17) is 9.47 Å². The number of hydrogen-bond acceptors (Lipinski definition) is 4. The van der Waals surface area contributed by atoms with Crippen molar-refractivity contribution in [1.82, 2.24) is 10.3 Å². The van der Waals surface area contributed by atoms with Crippen molar-refractivity contribution >= 4 is 0 Å². The number of hydrogen-bond donors (Lipinski definition) is 1. The van der Waals surface area contributed by atoms with Crippen LogP contribution in [0, 0.1) is 0 Å². The van der Waals surface area contributed by atoms with Crippen molar-refractivity contribution in [3.63, 3.8) is 0 Å². The molecule has 1 aromatic heterocycles. The second-order valence-electron chi connectivity index (χ2n) is 4.74. The van der Waals surface area contributed by atoms with Crippen LogP contribution >= 0.6 is 0 Å². The lowest BCUT2D eigenvalue weighted by Crippen LogP contribution is -2.35. The Hall–Kier alpha value is -0.970. The largest absolute Gasteiger partial charge is 0.352 e. The van der Waals surface area contributed by atoms with Gasteiger partial charge >= 0.3 is 0 Å². The molecule has 1 unspecified atom stereocenters. The van der Waals surface area contributed by atoms with E-state index < -0.39 is 0 Å². The van der Waals surface area contributed by atoms with Gasteiger partial charge in [-0.1, -0.05) is 6.07 Å². The Balaban J connectivity index is 1.92. The summed E-state index contributed by atoms with van der Waals surface area (Å²) < 4.78 is 11.1. The summed E-state index contributed by atoms with van der Waals surface area (Å²) in [6.45, 7) is 6.03. The molecule has 1 heterocycles. The highest BCUT2D eigenvalue weighted by molar-refractivity contribution is 5.25. The molecule has 0 saturated heterocycles. The molecule has 1 aliphatic carbocycles. The molecule has 4 heteroatoms. The Labute approximate surface area is 115 Å². The smallest absolute Gasteiger partial charge is 0.169 e. The van der Waals surface area contributed by atoms with Crippen molar-refractivity contribution < 1.29 is 9.47 Å². The Bertz CT molecular complexity index is 378. The first-order valence-corrected chi connectivity index (χ1v) is 7.25. The van der Waals surface area contributed by atoms with Gasteiger partial charge in [-0.3, -0.25) is 4.98 Å². The molecular formula is C15H24N2O2. The molecule has 19 heavy (non-hydrogen) atoms. The van der Waals surface area contributed by atoms with Crippen molar-refractivity contribution in [2.45, 2.75) is 45.4 Å². The van der Waals surface area contributed by atoms with Gasteiger partial charge in [-0.2, -0.15) is 0 Å². The molecule has 0 amide bonds. The van der Waals surface area contributed by atoms with Gasteiger partial charge in [0.1, 0.15) is 0 Å². The first kappa shape index (κ1) is 14.4. The molecule has 0 saturated carbocycles. The van der Waals surface area contributed by atoms with Gasteiger partial charge in [-0.25, -0.2) is 0 Å². The van der Waals surface area contributed by atoms with E-state index in [0.29, 0.717) is 25.8 Å². The number of nitrogens with zero attached hydrogens (tertiary/aromatic N) is 1. The molecule has 4 nitrogen and oxygen atoms in total. The summed E-state index contributed by atoms with van der Waals surface area (Å²) in [6, 6.07) is 4.52. The van der Waals surface area contributed by atoms with E-state index in [1.54, 1.807) is 0 Å². The van der Waals surface area contributed by atoms with Gasteiger partial charge < -0.3 is 14.8 Å². The highest BCUT2D eigenvalue weighted by atomic mass is 16.7. The number of fused-ring (bicyclic) bond motifs is 1. The fraction of sp³-hybridized carbons (Fsp3) is 0.667. The molecule has 2 rings (SSSR count). The Morgan fingerprint density at radius 1 is 1.37 bits per heavy atom. The molecule has 1 aromatic rings. The summed E-state index contributed by atoms with van der Waals surface area (Å²) in [5, 5.41) is 3.54. The predicted octanol–water partition coefficient (Wildman–Crippen LogP) is 2.45. The molecular weight excluding hydrogens is 240 g/mol. The van der Waals surface area contributed by atoms with Crippen molar-refractivity contribution in [1.29, 1.82) is 0 Å². The second kappa shape index (κ2) is 7.58. The average molecular weight is 264 g/mol. The van der Waals surface area contributed by atoms with Crippen LogP contribution in [0.3, 0.4) is 0 Å². The van der Waals surface area contributed by atoms with Crippen molar-refractivity contribution in [2.24, 2.45) is 0 Å². The fourth-order valence-electron chi connectivity index (χ4n) is 2.58. The summed E-state index contributed by atoms with van der Waals surface area (Å²) in [7, 11) is 0. The van der Waals surface area contributed by atoms with Gasteiger partial charge in [-0.05, 0) is 44.7 Å². The van der Waals surface area contributed by atoms with Gasteiger partial charge in [0, 0.05) is 32.0 Å². The maximum absolute atomic E-state index is 5.56. The zero-order valence-electron chi connectivity index (χ0n) is 11.9. The lowest BCUT2D eigenvalue weighted by molar-refractivity contribution is -0.134. The van der Waals surface area contributed by atoms with E-state index >= 15 is 0 Å². The molecule has 1 aliphatic rings. The molecule has 0 radical (unpaired) electrons. The molecule has 0 bridgehead atoms. The minimum Gasteiger partial charge on any atom is -0.352 e. The van der Waals surface area contributed by atoms with Crippen LogP contribution in [0.15, 0.2) is 18.3 Å². The number of ether oxygens (including phenoxy) is 2. The third kappa shape index (κ3) is 4.00. The second-order valence-corrected chi connectivity index (χ2v) is 4.74. The number of rotatable bonds is 7. The van der Waals surface area contributed by atoms with Gasteiger partial charge in [0.2, 0.25) is 0 Å². The zero-order valence-corrected chi connectivity index (χ0v) is 11.9. The van der Waals surface area contributed by atoms with E-state index in [-0.39, 0.29) is 6.29 Å². The summed E-state index contributed by atoms with van der Waals surface area (Å²) >= 11 is 0. The Morgan fingerprint density at radius 2 is 2.16 bits per heavy atom. The van der Waals surface area contributed by atoms with Gasteiger partial charge in [0.25, 0.3) is 0 Å². The SMILES string of the molecule is CCOC(CNC1CCCc2cccnc21)OCC. The number of pyridine rings is 1. The van der Waals surface area contributed by atoms with Crippen LogP contribution in [-0.4, -0.2) is 31.0 Å². The van der Waals surface area contributed by atoms with E-state index in [1.807, 2.05) is 26.1 Å². The predicted molar refractivity (Wildman–Crippen MR) is 75.0 cm³/mol.